The van der Waals surface area contributed by atoms with Crippen LogP contribution in [0.25, 0.3) is 0 Å². The van der Waals surface area contributed by atoms with Crippen LogP contribution in [0.5, 0.6) is 11.5 Å². The van der Waals surface area contributed by atoms with Crippen molar-refractivity contribution >= 4 is 17.6 Å². The van der Waals surface area contributed by atoms with Gasteiger partial charge in [-0.25, -0.2) is 0 Å². The van der Waals surface area contributed by atoms with Gasteiger partial charge < -0.3 is 14.6 Å². The molecule has 0 radical (unpaired) electrons. The Hall–Kier alpha value is -1.42. The van der Waals surface area contributed by atoms with Crippen LogP contribution in [0, 0.1) is 0 Å². The molecule has 0 spiro atoms. The molecule has 3 rings (SSSR count). The number of hydrogen-bond acceptors (Lipinski definition) is 3. The summed E-state index contributed by atoms with van der Waals surface area (Å²) in [5, 5.41) is 9.69. The summed E-state index contributed by atoms with van der Waals surface area (Å²) in [6, 6.07) is 3.35. The number of halogens is 1. The molecular weight excluding hydrogens is 244 g/mol. The maximum atomic E-state index is 11.3. The molecule has 0 unspecified atom stereocenters. The van der Waals surface area contributed by atoms with E-state index in [1.54, 1.807) is 12.1 Å². The van der Waals surface area contributed by atoms with E-state index in [-0.39, 0.29) is 0 Å². The highest BCUT2D eigenvalue weighted by molar-refractivity contribution is 6.32. The van der Waals surface area contributed by atoms with Gasteiger partial charge in [0.25, 0.3) is 0 Å². The summed E-state index contributed by atoms with van der Waals surface area (Å²) >= 11 is 6.13. The van der Waals surface area contributed by atoms with Gasteiger partial charge in [0.2, 0.25) is 0 Å². The van der Waals surface area contributed by atoms with Gasteiger partial charge in [0.05, 0.1) is 5.41 Å². The summed E-state index contributed by atoms with van der Waals surface area (Å²) in [6.45, 7) is 0.973. The summed E-state index contributed by atoms with van der Waals surface area (Å²) in [4.78, 5) is 11.3. The van der Waals surface area contributed by atoms with Gasteiger partial charge >= 0.3 is 5.97 Å². The van der Waals surface area contributed by atoms with Crippen LogP contribution in [-0.2, 0) is 10.2 Å². The van der Waals surface area contributed by atoms with Crippen molar-refractivity contribution in [3.63, 3.8) is 0 Å². The fraction of sp³-hybridized carbons (Fsp3) is 0.417. The first kappa shape index (κ1) is 10.7. The minimum Gasteiger partial charge on any atom is -0.486 e. The zero-order valence-electron chi connectivity index (χ0n) is 9.03. The standard InChI is InChI=1S/C12H11ClO4/c13-8-6-10-9(16-3-4-17-10)5-7(8)12(1-2-12)11(14)15/h5-6H,1-4H2,(H,14,15). The number of benzene rings is 1. The van der Waals surface area contributed by atoms with Gasteiger partial charge in [0.1, 0.15) is 13.2 Å². The third-order valence-corrected chi connectivity index (χ3v) is 3.62. The van der Waals surface area contributed by atoms with Crippen molar-refractivity contribution in [2.45, 2.75) is 18.3 Å². The van der Waals surface area contributed by atoms with Crippen LogP contribution in [0.4, 0.5) is 0 Å². The molecule has 0 bridgehead atoms. The number of hydrogen-bond donors (Lipinski definition) is 1. The molecule has 1 aromatic rings. The molecule has 0 amide bonds. The van der Waals surface area contributed by atoms with Crippen molar-refractivity contribution in [1.29, 1.82) is 0 Å². The number of carboxylic acid groups (broad SMARTS) is 1. The van der Waals surface area contributed by atoms with Crippen molar-refractivity contribution in [3.8, 4) is 11.5 Å². The Morgan fingerprint density at radius 3 is 2.35 bits per heavy atom. The molecule has 1 heterocycles. The Morgan fingerprint density at radius 1 is 1.24 bits per heavy atom. The molecule has 4 nitrogen and oxygen atoms in total. The lowest BCUT2D eigenvalue weighted by molar-refractivity contribution is -0.140. The minimum absolute atomic E-state index is 0.439. The zero-order valence-corrected chi connectivity index (χ0v) is 9.79. The summed E-state index contributed by atoms with van der Waals surface area (Å²) in [6.07, 6.45) is 1.25. The van der Waals surface area contributed by atoms with E-state index in [4.69, 9.17) is 21.1 Å². The smallest absolute Gasteiger partial charge is 0.314 e. The lowest BCUT2D eigenvalue weighted by Crippen LogP contribution is -2.21. The molecule has 0 atom stereocenters. The summed E-state index contributed by atoms with van der Waals surface area (Å²) in [5.74, 6) is 0.352. The topological polar surface area (TPSA) is 55.8 Å². The molecule has 1 aromatic carbocycles. The van der Waals surface area contributed by atoms with E-state index in [2.05, 4.69) is 0 Å². The second kappa shape index (κ2) is 3.53. The average Bonchev–Trinajstić information content (AvgIpc) is 3.09. The van der Waals surface area contributed by atoms with Crippen molar-refractivity contribution in [2.24, 2.45) is 0 Å². The van der Waals surface area contributed by atoms with Crippen LogP contribution >= 0.6 is 11.6 Å². The average molecular weight is 255 g/mol. The molecule has 1 fully saturated rings. The fourth-order valence-corrected chi connectivity index (χ4v) is 2.49. The largest absolute Gasteiger partial charge is 0.486 e. The molecule has 90 valence electrons. The second-order valence-corrected chi connectivity index (χ2v) is 4.77. The Balaban J connectivity index is 2.09. The second-order valence-electron chi connectivity index (χ2n) is 4.36. The van der Waals surface area contributed by atoms with Gasteiger partial charge in [-0.2, -0.15) is 0 Å². The highest BCUT2D eigenvalue weighted by atomic mass is 35.5. The van der Waals surface area contributed by atoms with Crippen molar-refractivity contribution < 1.29 is 19.4 Å². The Bertz CT molecular complexity index is 494. The van der Waals surface area contributed by atoms with E-state index < -0.39 is 11.4 Å². The third kappa shape index (κ3) is 1.55. The predicted octanol–water partition coefficient (Wildman–Crippen LogP) is 2.23. The van der Waals surface area contributed by atoms with Crippen LogP contribution in [-0.4, -0.2) is 24.3 Å². The lowest BCUT2D eigenvalue weighted by Gasteiger charge is -2.21. The molecular formula is C12H11ClO4. The summed E-state index contributed by atoms with van der Waals surface area (Å²) in [7, 11) is 0. The number of rotatable bonds is 2. The first-order valence-corrected chi connectivity index (χ1v) is 5.84. The van der Waals surface area contributed by atoms with Gasteiger partial charge in [-0.15, -0.1) is 0 Å². The Labute approximate surface area is 103 Å². The van der Waals surface area contributed by atoms with Crippen molar-refractivity contribution in [3.05, 3.63) is 22.7 Å². The van der Waals surface area contributed by atoms with Crippen LogP contribution in [0.1, 0.15) is 18.4 Å². The number of carbonyl (C=O) groups is 1. The molecule has 1 N–H and O–H groups in total. The van der Waals surface area contributed by atoms with Gasteiger partial charge in [-0.05, 0) is 24.5 Å². The third-order valence-electron chi connectivity index (χ3n) is 3.31. The number of aliphatic carboxylic acids is 1. The Kier molecular flexibility index (Phi) is 2.23. The van der Waals surface area contributed by atoms with Gasteiger partial charge in [0.15, 0.2) is 11.5 Å². The van der Waals surface area contributed by atoms with Crippen LogP contribution in [0.15, 0.2) is 12.1 Å². The van der Waals surface area contributed by atoms with E-state index in [0.717, 1.165) is 0 Å². The normalized spacial score (nSPS) is 19.8. The first-order valence-electron chi connectivity index (χ1n) is 5.46. The molecule has 0 aromatic heterocycles. The number of fused-ring (bicyclic) bond motifs is 1. The monoisotopic (exact) mass is 254 g/mol. The van der Waals surface area contributed by atoms with Gasteiger partial charge in [0, 0.05) is 11.1 Å². The molecule has 1 saturated carbocycles. The van der Waals surface area contributed by atoms with Gasteiger partial charge in [-0.1, -0.05) is 11.6 Å². The molecule has 2 aliphatic rings. The minimum atomic E-state index is -0.823. The zero-order chi connectivity index (χ0) is 12.0. The highest BCUT2D eigenvalue weighted by Gasteiger charge is 2.53. The SMILES string of the molecule is O=C(O)C1(c2cc3c(cc2Cl)OCCO3)CC1. The highest BCUT2D eigenvalue weighted by Crippen LogP contribution is 2.53. The quantitative estimate of drug-likeness (QED) is 0.879. The molecule has 0 saturated heterocycles. The first-order chi connectivity index (χ1) is 8.13. The van der Waals surface area contributed by atoms with E-state index in [1.807, 2.05) is 0 Å². The van der Waals surface area contributed by atoms with E-state index in [0.29, 0.717) is 48.1 Å². The number of ether oxygens (including phenoxy) is 2. The van der Waals surface area contributed by atoms with E-state index in [9.17, 15) is 9.90 Å². The lowest BCUT2D eigenvalue weighted by atomic mass is 9.95. The van der Waals surface area contributed by atoms with Crippen LogP contribution in [0.3, 0.4) is 0 Å². The summed E-state index contributed by atoms with van der Waals surface area (Å²) < 4.78 is 10.8. The molecule has 1 aliphatic heterocycles. The fourth-order valence-electron chi connectivity index (χ4n) is 2.15. The van der Waals surface area contributed by atoms with E-state index in [1.165, 1.54) is 0 Å². The molecule has 1 aliphatic carbocycles. The Morgan fingerprint density at radius 2 is 1.82 bits per heavy atom. The number of carboxylic acids is 1. The van der Waals surface area contributed by atoms with Crippen molar-refractivity contribution in [2.75, 3.05) is 13.2 Å². The maximum absolute atomic E-state index is 11.3. The molecule has 5 heteroatoms. The van der Waals surface area contributed by atoms with Crippen LogP contribution in [0.2, 0.25) is 5.02 Å². The summed E-state index contributed by atoms with van der Waals surface area (Å²) in [5.41, 5.74) is -0.177. The van der Waals surface area contributed by atoms with E-state index >= 15 is 0 Å². The van der Waals surface area contributed by atoms with Crippen LogP contribution < -0.4 is 9.47 Å². The predicted molar refractivity (Wildman–Crippen MR) is 61.0 cm³/mol. The van der Waals surface area contributed by atoms with Crippen molar-refractivity contribution in [1.82, 2.24) is 0 Å². The maximum Gasteiger partial charge on any atom is 0.314 e. The van der Waals surface area contributed by atoms with Gasteiger partial charge in [-0.3, -0.25) is 4.79 Å². The molecule has 17 heavy (non-hydrogen) atoms.